The Labute approximate surface area is 215 Å². The molecule has 8 nitrogen and oxygen atoms in total. The van der Waals surface area contributed by atoms with E-state index in [0.29, 0.717) is 5.56 Å². The fourth-order valence-electron chi connectivity index (χ4n) is 4.25. The van der Waals surface area contributed by atoms with Gasteiger partial charge in [-0.3, -0.25) is 14.4 Å². The van der Waals surface area contributed by atoms with Gasteiger partial charge in [0.05, 0.1) is 11.9 Å². The molecule has 1 aliphatic rings. The Morgan fingerprint density at radius 2 is 1.89 bits per heavy atom. The van der Waals surface area contributed by atoms with Gasteiger partial charge in [-0.05, 0) is 44.9 Å². The number of carbonyl (C=O) groups excluding carboxylic acids is 3. The second-order valence-corrected chi connectivity index (χ2v) is 10.9. The van der Waals surface area contributed by atoms with Crippen molar-refractivity contribution in [3.05, 3.63) is 77.9 Å². The second kappa shape index (κ2) is 11.6. The molecule has 0 spiro atoms. The Balaban J connectivity index is 1.88. The molecule has 9 heteroatoms. The number of phenols is 1. The highest BCUT2D eigenvalue weighted by molar-refractivity contribution is 8.00. The van der Waals surface area contributed by atoms with E-state index < -0.39 is 34.7 Å². The lowest BCUT2D eigenvalue weighted by Crippen LogP contribution is -2.58. The molecular formula is C27H33N3O5S. The first-order valence-electron chi connectivity index (χ1n) is 11.7. The fourth-order valence-corrected chi connectivity index (χ4v) is 5.39. The summed E-state index contributed by atoms with van der Waals surface area (Å²) in [5.74, 6) is -1.28. The average Bonchev–Trinajstić information content (AvgIpc) is 3.18. The van der Waals surface area contributed by atoms with Crippen molar-refractivity contribution < 1.29 is 24.6 Å². The molecule has 2 aromatic carbocycles. The Kier molecular flexibility index (Phi) is 8.81. The Bertz CT molecular complexity index is 1120. The summed E-state index contributed by atoms with van der Waals surface area (Å²) < 4.78 is -0.572. The van der Waals surface area contributed by atoms with Crippen LogP contribution in [0.1, 0.15) is 35.3 Å². The maximum atomic E-state index is 13.6. The molecule has 0 unspecified atom stereocenters. The predicted molar refractivity (Wildman–Crippen MR) is 141 cm³/mol. The number of nitrogens with one attached hydrogen (secondary N) is 2. The van der Waals surface area contributed by atoms with E-state index in [4.69, 9.17) is 0 Å². The second-order valence-electron chi connectivity index (χ2n) is 9.29. The van der Waals surface area contributed by atoms with Crippen molar-refractivity contribution in [1.29, 1.82) is 0 Å². The molecule has 1 aliphatic heterocycles. The minimum atomic E-state index is -1.60. The Morgan fingerprint density at radius 1 is 1.19 bits per heavy atom. The molecule has 192 valence electrons. The quantitative estimate of drug-likeness (QED) is 0.384. The van der Waals surface area contributed by atoms with Crippen LogP contribution in [-0.4, -0.2) is 68.2 Å². The van der Waals surface area contributed by atoms with E-state index in [1.807, 2.05) is 44.2 Å². The molecule has 0 aromatic heterocycles. The van der Waals surface area contributed by atoms with Gasteiger partial charge in [0.1, 0.15) is 11.8 Å². The normalized spacial score (nSPS) is 18.2. The van der Waals surface area contributed by atoms with Gasteiger partial charge >= 0.3 is 0 Å². The number of aromatic hydroxyl groups is 1. The van der Waals surface area contributed by atoms with E-state index in [2.05, 4.69) is 17.2 Å². The first-order valence-corrected chi connectivity index (χ1v) is 12.7. The monoisotopic (exact) mass is 511 g/mol. The summed E-state index contributed by atoms with van der Waals surface area (Å²) in [6, 6.07) is 12.0. The molecule has 4 N–H and O–H groups in total. The molecule has 3 atom stereocenters. The lowest BCUT2D eigenvalue weighted by atomic mass is 9.96. The van der Waals surface area contributed by atoms with Crippen molar-refractivity contribution >= 4 is 29.5 Å². The van der Waals surface area contributed by atoms with Crippen molar-refractivity contribution in [2.75, 3.05) is 12.4 Å². The van der Waals surface area contributed by atoms with Gasteiger partial charge in [-0.1, -0.05) is 42.5 Å². The van der Waals surface area contributed by atoms with Crippen LogP contribution in [0.25, 0.3) is 0 Å². The van der Waals surface area contributed by atoms with E-state index >= 15 is 0 Å². The summed E-state index contributed by atoms with van der Waals surface area (Å²) >= 11 is 1.45. The SMILES string of the molecule is C=CCNC(=O)[C@H]1N(C(=O)[C@@H](O)[C@H](Cc2ccccc2)NC(=O)c2cccc(O)c2C)CSC1(C)C. The molecule has 3 rings (SSSR count). The van der Waals surface area contributed by atoms with Gasteiger partial charge < -0.3 is 25.7 Å². The van der Waals surface area contributed by atoms with Gasteiger partial charge in [-0.25, -0.2) is 0 Å². The van der Waals surface area contributed by atoms with E-state index in [1.54, 1.807) is 25.1 Å². The minimum Gasteiger partial charge on any atom is -0.508 e. The number of phenolic OH excluding ortho intramolecular Hbond substituents is 1. The molecule has 36 heavy (non-hydrogen) atoms. The summed E-state index contributed by atoms with van der Waals surface area (Å²) in [5, 5.41) is 26.8. The molecule has 0 radical (unpaired) electrons. The standard InChI is InChI=1S/C27H33N3O5S/c1-5-14-28-25(34)23-27(3,4)36-16-30(23)26(35)22(32)20(15-18-10-7-6-8-11-18)29-24(33)19-12-9-13-21(31)17(19)2/h5-13,20,22-23,31-32H,1,14-16H2,2-4H3,(H,28,34)(H,29,33)/t20-,22-,23+/m0/s1. The van der Waals surface area contributed by atoms with Gasteiger partial charge in [0.25, 0.3) is 11.8 Å². The number of aliphatic hydroxyl groups is 1. The molecule has 3 amide bonds. The number of aliphatic hydroxyl groups excluding tert-OH is 1. The molecule has 0 bridgehead atoms. The summed E-state index contributed by atoms with van der Waals surface area (Å²) in [5.41, 5.74) is 1.46. The molecule has 2 aromatic rings. The highest BCUT2D eigenvalue weighted by atomic mass is 32.2. The van der Waals surface area contributed by atoms with Crippen molar-refractivity contribution in [3.63, 3.8) is 0 Å². The van der Waals surface area contributed by atoms with Crippen LogP contribution in [0.3, 0.4) is 0 Å². The third kappa shape index (κ3) is 6.09. The van der Waals surface area contributed by atoms with Crippen molar-refractivity contribution in [2.45, 2.75) is 50.1 Å². The number of carbonyl (C=O) groups is 3. The zero-order chi connectivity index (χ0) is 26.5. The van der Waals surface area contributed by atoms with Gasteiger partial charge in [0.2, 0.25) is 5.91 Å². The van der Waals surface area contributed by atoms with Crippen LogP contribution < -0.4 is 10.6 Å². The van der Waals surface area contributed by atoms with E-state index in [1.165, 1.54) is 22.7 Å². The van der Waals surface area contributed by atoms with E-state index in [0.717, 1.165) is 5.56 Å². The number of rotatable bonds is 9. The van der Waals surface area contributed by atoms with Crippen molar-refractivity contribution in [1.82, 2.24) is 15.5 Å². The lowest BCUT2D eigenvalue weighted by Gasteiger charge is -2.33. The summed E-state index contributed by atoms with van der Waals surface area (Å²) in [6.45, 7) is 9.25. The topological polar surface area (TPSA) is 119 Å². The number of amides is 3. The number of hydrogen-bond acceptors (Lipinski definition) is 6. The Hall–Kier alpha value is -3.30. The minimum absolute atomic E-state index is 0.0245. The van der Waals surface area contributed by atoms with Crippen LogP contribution in [0.4, 0.5) is 0 Å². The third-order valence-corrected chi connectivity index (χ3v) is 7.67. The molecular weight excluding hydrogens is 478 g/mol. The number of hydrogen-bond donors (Lipinski definition) is 4. The van der Waals surface area contributed by atoms with Gasteiger partial charge in [-0.15, -0.1) is 18.3 Å². The Morgan fingerprint density at radius 3 is 2.56 bits per heavy atom. The van der Waals surface area contributed by atoms with Crippen molar-refractivity contribution in [3.8, 4) is 5.75 Å². The van der Waals surface area contributed by atoms with Gasteiger partial charge in [0.15, 0.2) is 6.10 Å². The largest absolute Gasteiger partial charge is 0.508 e. The van der Waals surface area contributed by atoms with Crippen LogP contribution in [-0.2, 0) is 16.0 Å². The summed E-state index contributed by atoms with van der Waals surface area (Å²) in [4.78, 5) is 41.0. The first kappa shape index (κ1) is 27.3. The lowest BCUT2D eigenvalue weighted by molar-refractivity contribution is -0.147. The molecule has 1 fully saturated rings. The van der Waals surface area contributed by atoms with Gasteiger partial charge in [-0.2, -0.15) is 0 Å². The fraction of sp³-hybridized carbons (Fsp3) is 0.370. The predicted octanol–water partition coefficient (Wildman–Crippen LogP) is 2.38. The van der Waals surface area contributed by atoms with Crippen LogP contribution in [0.5, 0.6) is 5.75 Å². The van der Waals surface area contributed by atoms with Crippen LogP contribution in [0, 0.1) is 6.92 Å². The van der Waals surface area contributed by atoms with Crippen LogP contribution >= 0.6 is 11.8 Å². The zero-order valence-electron chi connectivity index (χ0n) is 20.7. The summed E-state index contributed by atoms with van der Waals surface area (Å²) in [7, 11) is 0. The maximum Gasteiger partial charge on any atom is 0.254 e. The van der Waals surface area contributed by atoms with E-state index in [-0.39, 0.29) is 36.1 Å². The third-order valence-electron chi connectivity index (χ3n) is 6.30. The van der Waals surface area contributed by atoms with Crippen molar-refractivity contribution in [2.24, 2.45) is 0 Å². The molecule has 0 saturated carbocycles. The van der Waals surface area contributed by atoms with E-state index in [9.17, 15) is 24.6 Å². The zero-order valence-corrected chi connectivity index (χ0v) is 21.5. The number of nitrogens with zero attached hydrogens (tertiary/aromatic N) is 1. The molecule has 1 saturated heterocycles. The summed E-state index contributed by atoms with van der Waals surface area (Å²) in [6.07, 6.45) is 0.147. The van der Waals surface area contributed by atoms with Gasteiger partial charge in [0, 0.05) is 22.4 Å². The smallest absolute Gasteiger partial charge is 0.254 e. The highest BCUT2D eigenvalue weighted by Gasteiger charge is 2.49. The van der Waals surface area contributed by atoms with Crippen LogP contribution in [0.15, 0.2) is 61.2 Å². The highest BCUT2D eigenvalue weighted by Crippen LogP contribution is 2.39. The van der Waals surface area contributed by atoms with Crippen LogP contribution in [0.2, 0.25) is 0 Å². The molecule has 1 heterocycles. The average molecular weight is 512 g/mol. The molecule has 0 aliphatic carbocycles. The first-order chi connectivity index (χ1) is 17.1. The number of thioether (sulfide) groups is 1. The number of benzene rings is 2. The maximum absolute atomic E-state index is 13.6.